The number of likely N-dealkylation sites (tertiary alicyclic amines) is 1. The van der Waals surface area contributed by atoms with Gasteiger partial charge in [-0.1, -0.05) is 12.1 Å². The van der Waals surface area contributed by atoms with E-state index in [0.29, 0.717) is 5.92 Å². The second-order valence-electron chi connectivity index (χ2n) is 5.92. The third-order valence-corrected chi connectivity index (χ3v) is 4.46. The smallest absolute Gasteiger partial charge is 0.0596 e. The quantitative estimate of drug-likeness (QED) is 0.894. The molecule has 0 aromatic heterocycles. The van der Waals surface area contributed by atoms with E-state index in [4.69, 9.17) is 0 Å². The van der Waals surface area contributed by atoms with Crippen molar-refractivity contribution in [3.05, 3.63) is 29.8 Å². The number of hydrogen-bond donors (Lipinski definition) is 1. The average molecular weight is 276 g/mol. The van der Waals surface area contributed by atoms with E-state index in [-0.39, 0.29) is 6.10 Å². The molecule has 0 amide bonds. The lowest BCUT2D eigenvalue weighted by atomic mass is 9.89. The van der Waals surface area contributed by atoms with Crippen molar-refractivity contribution < 1.29 is 5.11 Å². The zero-order chi connectivity index (χ0) is 14.5. The maximum absolute atomic E-state index is 10.1. The minimum Gasteiger partial charge on any atom is -0.393 e. The van der Waals surface area contributed by atoms with Gasteiger partial charge in [0.05, 0.1) is 6.10 Å². The van der Waals surface area contributed by atoms with Crippen LogP contribution in [0.4, 0.5) is 5.69 Å². The highest BCUT2D eigenvalue weighted by Gasteiger charge is 2.25. The number of aliphatic hydroxyl groups excluding tert-OH is 1. The Balaban J connectivity index is 1.99. The fraction of sp³-hybridized carbons (Fsp3) is 0.647. The molecule has 3 nitrogen and oxygen atoms in total. The number of benzene rings is 1. The number of nitrogens with zero attached hydrogens (tertiary/aromatic N) is 2. The molecule has 1 aliphatic rings. The topological polar surface area (TPSA) is 26.7 Å². The van der Waals surface area contributed by atoms with E-state index in [1.807, 2.05) is 0 Å². The van der Waals surface area contributed by atoms with Crippen LogP contribution in [0.5, 0.6) is 0 Å². The summed E-state index contributed by atoms with van der Waals surface area (Å²) in [5.41, 5.74) is 2.63. The maximum Gasteiger partial charge on any atom is 0.0596 e. The van der Waals surface area contributed by atoms with Crippen LogP contribution in [0.15, 0.2) is 24.3 Å². The summed E-state index contributed by atoms with van der Waals surface area (Å²) in [4.78, 5) is 4.68. The maximum atomic E-state index is 10.1. The molecule has 1 heterocycles. The van der Waals surface area contributed by atoms with Gasteiger partial charge in [-0.2, -0.15) is 0 Å². The second kappa shape index (κ2) is 7.09. The molecule has 0 spiro atoms. The van der Waals surface area contributed by atoms with Crippen molar-refractivity contribution in [3.8, 4) is 0 Å². The zero-order valence-electron chi connectivity index (χ0n) is 13.0. The van der Waals surface area contributed by atoms with Gasteiger partial charge in [-0.05, 0) is 51.4 Å². The molecule has 112 valence electrons. The summed E-state index contributed by atoms with van der Waals surface area (Å²) >= 11 is 0. The lowest BCUT2D eigenvalue weighted by Gasteiger charge is -2.34. The first-order valence-corrected chi connectivity index (χ1v) is 7.84. The Labute approximate surface area is 123 Å². The molecule has 2 rings (SSSR count). The first-order valence-electron chi connectivity index (χ1n) is 7.84. The van der Waals surface area contributed by atoms with Crippen LogP contribution in [0, 0.1) is 5.92 Å². The van der Waals surface area contributed by atoms with Crippen molar-refractivity contribution in [3.63, 3.8) is 0 Å². The van der Waals surface area contributed by atoms with Crippen LogP contribution in [0.1, 0.15) is 25.8 Å². The number of aliphatic hydroxyl groups is 1. The molecular formula is C17H28N2O. The molecule has 0 aliphatic carbocycles. The molecule has 3 heteroatoms. The molecule has 1 aromatic carbocycles. The molecule has 20 heavy (non-hydrogen) atoms. The van der Waals surface area contributed by atoms with Gasteiger partial charge in [-0.3, -0.25) is 0 Å². The number of rotatable bonds is 5. The minimum atomic E-state index is -0.145. The van der Waals surface area contributed by atoms with Gasteiger partial charge in [0.1, 0.15) is 0 Å². The fourth-order valence-electron chi connectivity index (χ4n) is 3.14. The number of anilines is 1. The van der Waals surface area contributed by atoms with Crippen molar-refractivity contribution in [2.45, 2.75) is 32.8 Å². The Morgan fingerprint density at radius 3 is 2.45 bits per heavy atom. The predicted molar refractivity (Wildman–Crippen MR) is 85.3 cm³/mol. The average Bonchev–Trinajstić information content (AvgIpc) is 2.46. The molecule has 0 radical (unpaired) electrons. The van der Waals surface area contributed by atoms with Crippen LogP contribution in [-0.4, -0.2) is 49.3 Å². The molecule has 2 unspecified atom stereocenters. The van der Waals surface area contributed by atoms with Gasteiger partial charge in [0.25, 0.3) is 0 Å². The number of hydrogen-bond acceptors (Lipinski definition) is 3. The van der Waals surface area contributed by atoms with E-state index in [9.17, 15) is 5.11 Å². The lowest BCUT2D eigenvalue weighted by Crippen LogP contribution is -2.41. The molecule has 0 saturated carbocycles. The Hall–Kier alpha value is -1.06. The largest absolute Gasteiger partial charge is 0.393 e. The van der Waals surface area contributed by atoms with Crippen molar-refractivity contribution in [2.75, 3.05) is 38.1 Å². The summed E-state index contributed by atoms with van der Waals surface area (Å²) in [6.45, 7) is 8.47. The molecule has 1 N–H and O–H groups in total. The highest BCUT2D eigenvalue weighted by atomic mass is 16.3. The molecule has 2 atom stereocenters. The fourth-order valence-corrected chi connectivity index (χ4v) is 3.14. The third-order valence-electron chi connectivity index (χ3n) is 4.46. The summed E-state index contributed by atoms with van der Waals surface area (Å²) in [5, 5.41) is 10.1. The van der Waals surface area contributed by atoms with Gasteiger partial charge >= 0.3 is 0 Å². The van der Waals surface area contributed by atoms with E-state index < -0.39 is 0 Å². The highest BCUT2D eigenvalue weighted by Crippen LogP contribution is 2.22. The summed E-state index contributed by atoms with van der Waals surface area (Å²) in [5.74, 6) is 0.369. The summed E-state index contributed by atoms with van der Waals surface area (Å²) in [6, 6.07) is 8.85. The van der Waals surface area contributed by atoms with Crippen LogP contribution in [0.2, 0.25) is 0 Å². The van der Waals surface area contributed by atoms with Crippen LogP contribution >= 0.6 is 0 Å². The Bertz CT molecular complexity index is 400. The van der Waals surface area contributed by atoms with E-state index in [2.05, 4.69) is 55.0 Å². The van der Waals surface area contributed by atoms with Crippen LogP contribution in [0.25, 0.3) is 0 Å². The molecular weight excluding hydrogens is 248 g/mol. The van der Waals surface area contributed by atoms with Crippen LogP contribution in [-0.2, 0) is 6.42 Å². The van der Waals surface area contributed by atoms with Crippen molar-refractivity contribution in [1.82, 2.24) is 4.90 Å². The van der Waals surface area contributed by atoms with Gasteiger partial charge in [-0.25, -0.2) is 0 Å². The monoisotopic (exact) mass is 276 g/mol. The number of piperidine rings is 1. The van der Waals surface area contributed by atoms with Crippen molar-refractivity contribution >= 4 is 5.69 Å². The van der Waals surface area contributed by atoms with Gasteiger partial charge in [0.15, 0.2) is 0 Å². The molecule has 1 fully saturated rings. The molecule has 0 bridgehead atoms. The summed E-state index contributed by atoms with van der Waals surface area (Å²) in [6.07, 6.45) is 1.73. The van der Waals surface area contributed by atoms with Gasteiger partial charge in [-0.15, -0.1) is 0 Å². The lowest BCUT2D eigenvalue weighted by molar-refractivity contribution is 0.0366. The second-order valence-corrected chi connectivity index (χ2v) is 5.92. The molecule has 1 aliphatic heterocycles. The van der Waals surface area contributed by atoms with Gasteiger partial charge in [0.2, 0.25) is 0 Å². The molecule has 1 aromatic rings. The van der Waals surface area contributed by atoms with Crippen molar-refractivity contribution in [1.29, 1.82) is 0 Å². The zero-order valence-corrected chi connectivity index (χ0v) is 13.0. The molecule has 1 saturated heterocycles. The Kier molecular flexibility index (Phi) is 5.44. The van der Waals surface area contributed by atoms with E-state index in [1.165, 1.54) is 11.3 Å². The SMILES string of the molecule is CCN(CC)c1ccc(CC2CN(C)CCC2O)cc1. The normalized spacial score (nSPS) is 23.8. The first-order chi connectivity index (χ1) is 9.63. The summed E-state index contributed by atoms with van der Waals surface area (Å²) in [7, 11) is 2.14. The highest BCUT2D eigenvalue weighted by molar-refractivity contribution is 5.47. The predicted octanol–water partition coefficient (Wildman–Crippen LogP) is 2.39. The van der Waals surface area contributed by atoms with E-state index >= 15 is 0 Å². The van der Waals surface area contributed by atoms with Gasteiger partial charge < -0.3 is 14.9 Å². The van der Waals surface area contributed by atoms with Crippen LogP contribution < -0.4 is 4.90 Å². The summed E-state index contributed by atoms with van der Waals surface area (Å²) < 4.78 is 0. The standard InChI is InChI=1S/C17H28N2O/c1-4-19(5-2)16-8-6-14(7-9-16)12-15-13-18(3)11-10-17(15)20/h6-9,15,17,20H,4-5,10-13H2,1-3H3. The van der Waals surface area contributed by atoms with E-state index in [0.717, 1.165) is 39.0 Å². The van der Waals surface area contributed by atoms with Gasteiger partial charge in [0, 0.05) is 37.8 Å². The first kappa shape index (κ1) is 15.3. The third kappa shape index (κ3) is 3.74. The van der Waals surface area contributed by atoms with Crippen molar-refractivity contribution in [2.24, 2.45) is 5.92 Å². The Morgan fingerprint density at radius 2 is 1.85 bits per heavy atom. The van der Waals surface area contributed by atoms with E-state index in [1.54, 1.807) is 0 Å². The minimum absolute atomic E-state index is 0.145. The van der Waals surface area contributed by atoms with Crippen LogP contribution in [0.3, 0.4) is 0 Å². The Morgan fingerprint density at radius 1 is 1.20 bits per heavy atom.